The molecule has 0 unspecified atom stereocenters. The minimum atomic E-state index is -0.489. The van der Waals surface area contributed by atoms with Crippen molar-refractivity contribution >= 4 is 11.8 Å². The van der Waals surface area contributed by atoms with E-state index in [1.165, 1.54) is 19.5 Å². The summed E-state index contributed by atoms with van der Waals surface area (Å²) in [5, 5.41) is 2.96. The van der Waals surface area contributed by atoms with Crippen molar-refractivity contribution in [3.63, 3.8) is 0 Å². The van der Waals surface area contributed by atoms with Gasteiger partial charge < -0.3 is 10.1 Å². The van der Waals surface area contributed by atoms with Crippen molar-refractivity contribution in [3.05, 3.63) is 18.1 Å². The molecule has 0 saturated heterocycles. The molecule has 1 aromatic rings. The molecule has 78 valence electrons. The second kappa shape index (κ2) is 5.60. The fourth-order valence-corrected chi connectivity index (χ4v) is 0.933. The Labute approximate surface area is 87.9 Å². The van der Waals surface area contributed by atoms with Gasteiger partial charge in [-0.15, -0.1) is 12.3 Å². The average Bonchev–Trinajstić information content (AvgIpc) is 2.29. The van der Waals surface area contributed by atoms with Crippen LogP contribution >= 0.6 is 0 Å². The van der Waals surface area contributed by atoms with Crippen LogP contribution in [0, 0.1) is 12.3 Å². The van der Waals surface area contributed by atoms with Crippen molar-refractivity contribution < 1.29 is 9.53 Å². The third-order valence-electron chi connectivity index (χ3n) is 1.64. The van der Waals surface area contributed by atoms with Gasteiger partial charge in [-0.1, -0.05) is 0 Å². The van der Waals surface area contributed by atoms with Crippen LogP contribution in [0.3, 0.4) is 0 Å². The maximum absolute atomic E-state index is 11.1. The minimum absolute atomic E-state index is 0.218. The number of nitrogens with one attached hydrogen (secondary N) is 1. The second-order valence-electron chi connectivity index (χ2n) is 2.66. The lowest BCUT2D eigenvalue weighted by molar-refractivity contribution is 0.0594. The highest BCUT2D eigenvalue weighted by Gasteiger charge is 2.07. The number of terminal acetylenes is 1. The van der Waals surface area contributed by atoms with Crippen molar-refractivity contribution in [3.8, 4) is 12.3 Å². The molecule has 0 amide bonds. The van der Waals surface area contributed by atoms with Gasteiger partial charge in [-0.25, -0.2) is 14.8 Å². The standard InChI is InChI=1S/C10H11N3O2/c1-3-4-5-11-9-6-8(10(14)15-2)12-7-13-9/h1,6-7H,4-5H2,2H3,(H,11,12,13). The number of hydrogen-bond acceptors (Lipinski definition) is 5. The van der Waals surface area contributed by atoms with Crippen LogP contribution in [0.2, 0.25) is 0 Å². The molecular weight excluding hydrogens is 194 g/mol. The van der Waals surface area contributed by atoms with Crippen molar-refractivity contribution in [1.29, 1.82) is 0 Å². The molecule has 0 atom stereocenters. The number of ether oxygens (including phenoxy) is 1. The van der Waals surface area contributed by atoms with Crippen molar-refractivity contribution in [2.75, 3.05) is 19.0 Å². The van der Waals surface area contributed by atoms with E-state index >= 15 is 0 Å². The molecule has 0 aliphatic carbocycles. The molecule has 5 heteroatoms. The summed E-state index contributed by atoms with van der Waals surface area (Å²) in [6.45, 7) is 0.605. The van der Waals surface area contributed by atoms with E-state index in [-0.39, 0.29) is 5.69 Å². The summed E-state index contributed by atoms with van der Waals surface area (Å²) < 4.78 is 4.53. The number of nitrogens with zero attached hydrogens (tertiary/aromatic N) is 2. The van der Waals surface area contributed by atoms with Crippen LogP contribution in [-0.4, -0.2) is 29.6 Å². The Hall–Kier alpha value is -2.09. The monoisotopic (exact) mass is 205 g/mol. The summed E-state index contributed by atoms with van der Waals surface area (Å²) in [6, 6.07) is 1.52. The van der Waals surface area contributed by atoms with Gasteiger partial charge in [0.1, 0.15) is 12.1 Å². The van der Waals surface area contributed by atoms with E-state index in [2.05, 4.69) is 25.9 Å². The van der Waals surface area contributed by atoms with Gasteiger partial charge in [0.25, 0.3) is 0 Å². The van der Waals surface area contributed by atoms with Crippen molar-refractivity contribution in [2.45, 2.75) is 6.42 Å². The van der Waals surface area contributed by atoms with Crippen LogP contribution in [0.1, 0.15) is 16.9 Å². The molecule has 1 heterocycles. The lowest BCUT2D eigenvalue weighted by atomic mass is 10.4. The molecule has 0 aliphatic rings. The van der Waals surface area contributed by atoms with Gasteiger partial charge in [-0.2, -0.15) is 0 Å². The fourth-order valence-electron chi connectivity index (χ4n) is 0.933. The molecule has 0 spiro atoms. The Kier molecular flexibility index (Phi) is 4.10. The zero-order valence-corrected chi connectivity index (χ0v) is 8.36. The average molecular weight is 205 g/mol. The highest BCUT2D eigenvalue weighted by atomic mass is 16.5. The van der Waals surface area contributed by atoms with E-state index < -0.39 is 5.97 Å². The van der Waals surface area contributed by atoms with Gasteiger partial charge >= 0.3 is 5.97 Å². The van der Waals surface area contributed by atoms with E-state index in [1.54, 1.807) is 0 Å². The zero-order valence-electron chi connectivity index (χ0n) is 8.36. The van der Waals surface area contributed by atoms with E-state index in [4.69, 9.17) is 6.42 Å². The molecule has 1 rings (SSSR count). The number of carbonyl (C=O) groups is 1. The van der Waals surface area contributed by atoms with Gasteiger partial charge in [-0.3, -0.25) is 0 Å². The molecule has 1 N–H and O–H groups in total. The lowest BCUT2D eigenvalue weighted by Crippen LogP contribution is -2.08. The topological polar surface area (TPSA) is 64.1 Å². The second-order valence-corrected chi connectivity index (χ2v) is 2.66. The predicted molar refractivity (Wildman–Crippen MR) is 55.3 cm³/mol. The van der Waals surface area contributed by atoms with E-state index in [9.17, 15) is 4.79 Å². The molecule has 0 saturated carbocycles. The minimum Gasteiger partial charge on any atom is -0.464 e. The molecule has 1 aromatic heterocycles. The molecule has 5 nitrogen and oxygen atoms in total. The number of esters is 1. The smallest absolute Gasteiger partial charge is 0.356 e. The summed E-state index contributed by atoms with van der Waals surface area (Å²) in [4.78, 5) is 18.8. The van der Waals surface area contributed by atoms with Crippen molar-refractivity contribution in [2.24, 2.45) is 0 Å². The van der Waals surface area contributed by atoms with Crippen LogP contribution in [-0.2, 0) is 4.74 Å². The highest BCUT2D eigenvalue weighted by Crippen LogP contribution is 2.04. The molecular formula is C10H11N3O2. The van der Waals surface area contributed by atoms with E-state index in [1.807, 2.05) is 0 Å². The summed E-state index contributed by atoms with van der Waals surface area (Å²) in [7, 11) is 1.30. The molecule has 0 aliphatic heterocycles. The Morgan fingerprint density at radius 2 is 2.47 bits per heavy atom. The van der Waals surface area contributed by atoms with E-state index in [0.717, 1.165) is 0 Å². The summed E-state index contributed by atoms with van der Waals surface area (Å²) in [6.07, 6.45) is 6.99. The summed E-state index contributed by atoms with van der Waals surface area (Å²) in [5.41, 5.74) is 0.218. The largest absolute Gasteiger partial charge is 0.464 e. The molecule has 0 fully saturated rings. The SMILES string of the molecule is C#CCCNc1cc(C(=O)OC)ncn1. The van der Waals surface area contributed by atoms with Crippen LogP contribution in [0.4, 0.5) is 5.82 Å². The Morgan fingerprint density at radius 1 is 1.67 bits per heavy atom. The maximum Gasteiger partial charge on any atom is 0.356 e. The fraction of sp³-hybridized carbons (Fsp3) is 0.300. The highest BCUT2D eigenvalue weighted by molar-refractivity contribution is 5.87. The van der Waals surface area contributed by atoms with Crippen LogP contribution in [0.25, 0.3) is 0 Å². The van der Waals surface area contributed by atoms with Crippen LogP contribution in [0.15, 0.2) is 12.4 Å². The predicted octanol–water partition coefficient (Wildman–Crippen LogP) is 0.698. The third-order valence-corrected chi connectivity index (χ3v) is 1.64. The first-order valence-corrected chi connectivity index (χ1v) is 4.35. The zero-order chi connectivity index (χ0) is 11.1. The number of hydrogen-bond donors (Lipinski definition) is 1. The normalized spacial score (nSPS) is 9.07. The molecule has 0 radical (unpaired) electrons. The number of anilines is 1. The van der Waals surface area contributed by atoms with Crippen molar-refractivity contribution in [1.82, 2.24) is 9.97 Å². The van der Waals surface area contributed by atoms with E-state index in [0.29, 0.717) is 18.8 Å². The quantitative estimate of drug-likeness (QED) is 0.445. The first kappa shape index (κ1) is 11.0. The van der Waals surface area contributed by atoms with Crippen LogP contribution in [0.5, 0.6) is 0 Å². The first-order chi connectivity index (χ1) is 7.27. The van der Waals surface area contributed by atoms with Gasteiger partial charge in [0.2, 0.25) is 0 Å². The van der Waals surface area contributed by atoms with Gasteiger partial charge in [0.15, 0.2) is 5.69 Å². The lowest BCUT2D eigenvalue weighted by Gasteiger charge is -2.03. The first-order valence-electron chi connectivity index (χ1n) is 4.35. The number of aromatic nitrogens is 2. The van der Waals surface area contributed by atoms with Gasteiger partial charge in [0, 0.05) is 19.0 Å². The number of methoxy groups -OCH3 is 1. The Balaban J connectivity index is 2.66. The number of rotatable bonds is 4. The number of carbonyl (C=O) groups excluding carboxylic acids is 1. The van der Waals surface area contributed by atoms with Gasteiger partial charge in [0.05, 0.1) is 7.11 Å². The Bertz CT molecular complexity index is 384. The summed E-state index contributed by atoms with van der Waals surface area (Å²) >= 11 is 0. The summed E-state index contributed by atoms with van der Waals surface area (Å²) in [5.74, 6) is 2.56. The molecule has 0 aromatic carbocycles. The molecule has 0 bridgehead atoms. The Morgan fingerprint density at radius 3 is 3.13 bits per heavy atom. The molecule has 15 heavy (non-hydrogen) atoms. The maximum atomic E-state index is 11.1. The van der Waals surface area contributed by atoms with Crippen LogP contribution < -0.4 is 5.32 Å². The third kappa shape index (κ3) is 3.27. The van der Waals surface area contributed by atoms with Gasteiger partial charge in [-0.05, 0) is 0 Å².